The number of nitrogens with one attached hydrogen (secondary N) is 1. The minimum Gasteiger partial charge on any atom is -0.475 e. The van der Waals surface area contributed by atoms with Crippen molar-refractivity contribution in [1.29, 1.82) is 0 Å². The fourth-order valence-electron chi connectivity index (χ4n) is 3.24. The van der Waals surface area contributed by atoms with Gasteiger partial charge in [-0.2, -0.15) is 18.2 Å². The normalized spacial score (nSPS) is 22.5. The molecule has 3 heterocycles. The summed E-state index contributed by atoms with van der Waals surface area (Å²) in [5, 5.41) is 10.6. The number of aliphatic carboxylic acids is 1. The lowest BCUT2D eigenvalue weighted by molar-refractivity contribution is -0.192. The van der Waals surface area contributed by atoms with Crippen molar-refractivity contribution >= 4 is 11.8 Å². The predicted molar refractivity (Wildman–Crippen MR) is 92.8 cm³/mol. The van der Waals surface area contributed by atoms with Crippen LogP contribution in [0.5, 0.6) is 5.88 Å². The lowest BCUT2D eigenvalue weighted by Gasteiger charge is -2.22. The Hall–Kier alpha value is -2.10. The number of carboxylic acids is 1. The fourth-order valence-corrected chi connectivity index (χ4v) is 3.24. The van der Waals surface area contributed by atoms with Crippen molar-refractivity contribution in [3.05, 3.63) is 12.4 Å². The molecule has 1 aromatic heterocycles. The summed E-state index contributed by atoms with van der Waals surface area (Å²) < 4.78 is 37.4. The zero-order chi connectivity index (χ0) is 20.0. The predicted octanol–water partition coefficient (Wildman–Crippen LogP) is 2.33. The molecule has 3 rings (SSSR count). The number of nitrogens with zero attached hydrogens (tertiary/aromatic N) is 3. The number of fused-ring (bicyclic) bond motifs is 1. The Balaban J connectivity index is 0.000000321. The third kappa shape index (κ3) is 6.53. The average molecular weight is 390 g/mol. The molecule has 0 amide bonds. The number of alkyl halides is 3. The van der Waals surface area contributed by atoms with E-state index >= 15 is 0 Å². The number of hydrogen-bond donors (Lipinski definition) is 2. The van der Waals surface area contributed by atoms with Crippen LogP contribution in [0.25, 0.3) is 0 Å². The van der Waals surface area contributed by atoms with E-state index in [-0.39, 0.29) is 6.10 Å². The van der Waals surface area contributed by atoms with Crippen molar-refractivity contribution in [2.45, 2.75) is 39.0 Å². The van der Waals surface area contributed by atoms with Crippen LogP contribution in [0.15, 0.2) is 12.4 Å². The first-order chi connectivity index (χ1) is 12.7. The molecule has 0 saturated carbocycles. The third-order valence-electron chi connectivity index (χ3n) is 4.54. The van der Waals surface area contributed by atoms with Gasteiger partial charge in [-0.1, -0.05) is 0 Å². The van der Waals surface area contributed by atoms with Crippen LogP contribution in [0.4, 0.5) is 19.0 Å². The molecule has 2 fully saturated rings. The maximum atomic E-state index is 10.6. The Bertz CT molecular complexity index is 614. The van der Waals surface area contributed by atoms with Gasteiger partial charge in [0.2, 0.25) is 5.88 Å². The summed E-state index contributed by atoms with van der Waals surface area (Å²) in [6, 6.07) is 0. The quantitative estimate of drug-likeness (QED) is 0.819. The van der Waals surface area contributed by atoms with Gasteiger partial charge in [0.05, 0.1) is 18.5 Å². The van der Waals surface area contributed by atoms with Crippen LogP contribution in [0.3, 0.4) is 0 Å². The highest BCUT2D eigenvalue weighted by Gasteiger charge is 2.38. The van der Waals surface area contributed by atoms with E-state index in [1.807, 2.05) is 20.0 Å². The van der Waals surface area contributed by atoms with E-state index in [9.17, 15) is 13.2 Å². The average Bonchev–Trinajstić information content (AvgIpc) is 2.92. The Labute approximate surface area is 155 Å². The van der Waals surface area contributed by atoms with E-state index in [0.717, 1.165) is 30.7 Å². The molecule has 7 nitrogen and oxygen atoms in total. The molecule has 1 aromatic rings. The molecule has 0 radical (unpaired) electrons. The highest BCUT2D eigenvalue weighted by Crippen LogP contribution is 2.29. The topological polar surface area (TPSA) is 87.6 Å². The van der Waals surface area contributed by atoms with Crippen molar-refractivity contribution in [3.63, 3.8) is 0 Å². The highest BCUT2D eigenvalue weighted by molar-refractivity contribution is 5.73. The second-order valence-electron chi connectivity index (χ2n) is 6.93. The van der Waals surface area contributed by atoms with Gasteiger partial charge >= 0.3 is 12.1 Å². The monoisotopic (exact) mass is 390 g/mol. The van der Waals surface area contributed by atoms with E-state index in [1.54, 1.807) is 6.20 Å². The number of carboxylic acid groups (broad SMARTS) is 1. The number of aromatic nitrogens is 2. The van der Waals surface area contributed by atoms with Gasteiger partial charge in [0.15, 0.2) is 5.82 Å². The van der Waals surface area contributed by atoms with E-state index in [1.165, 1.54) is 25.9 Å². The summed E-state index contributed by atoms with van der Waals surface area (Å²) in [4.78, 5) is 20.1. The molecule has 2 atom stereocenters. The van der Waals surface area contributed by atoms with Gasteiger partial charge < -0.3 is 20.1 Å². The van der Waals surface area contributed by atoms with Crippen LogP contribution in [0.2, 0.25) is 0 Å². The summed E-state index contributed by atoms with van der Waals surface area (Å²) in [6.45, 7) is 8.52. The zero-order valence-corrected chi connectivity index (χ0v) is 15.4. The number of ether oxygens (including phenoxy) is 1. The Kier molecular flexibility index (Phi) is 7.23. The van der Waals surface area contributed by atoms with Crippen LogP contribution < -0.4 is 15.0 Å². The maximum absolute atomic E-state index is 10.6. The zero-order valence-electron chi connectivity index (χ0n) is 15.4. The first kappa shape index (κ1) is 21.2. The SMILES string of the molecule is CC(C)Oc1cncc(N2CC[C@@H]3CNC[C@@H]3CC2)n1.O=C(O)C(F)(F)F. The molecule has 2 saturated heterocycles. The van der Waals surface area contributed by atoms with Crippen molar-refractivity contribution in [1.82, 2.24) is 15.3 Å². The van der Waals surface area contributed by atoms with Gasteiger partial charge in [0, 0.05) is 13.1 Å². The Morgan fingerprint density at radius 1 is 1.26 bits per heavy atom. The molecular formula is C17H25F3N4O3. The summed E-state index contributed by atoms with van der Waals surface area (Å²) in [7, 11) is 0. The van der Waals surface area contributed by atoms with Gasteiger partial charge in [-0.15, -0.1) is 0 Å². The van der Waals surface area contributed by atoms with Crippen LogP contribution in [0, 0.1) is 11.8 Å². The third-order valence-corrected chi connectivity index (χ3v) is 4.54. The standard InChI is InChI=1S/C15H24N4O.C2HF3O2/c1-11(2)20-15-10-17-9-14(18-15)19-5-3-12-7-16-8-13(12)4-6-19;3-2(4,5)1(6)7/h9-13,16H,3-8H2,1-2H3;(H,6,7)/t12-,13+;. The first-order valence-corrected chi connectivity index (χ1v) is 8.91. The Morgan fingerprint density at radius 2 is 1.81 bits per heavy atom. The number of halogens is 3. The number of anilines is 1. The fraction of sp³-hybridized carbons (Fsp3) is 0.706. The molecule has 0 bridgehead atoms. The van der Waals surface area contributed by atoms with Gasteiger partial charge in [-0.05, 0) is 51.6 Å². The van der Waals surface area contributed by atoms with Crippen LogP contribution in [-0.2, 0) is 4.79 Å². The van der Waals surface area contributed by atoms with Gasteiger partial charge in [-0.25, -0.2) is 4.79 Å². The molecule has 2 aliphatic rings. The minimum absolute atomic E-state index is 0.133. The lowest BCUT2D eigenvalue weighted by atomic mass is 9.92. The lowest BCUT2D eigenvalue weighted by Crippen LogP contribution is -2.27. The van der Waals surface area contributed by atoms with E-state index in [2.05, 4.69) is 20.2 Å². The van der Waals surface area contributed by atoms with Crippen molar-refractivity contribution in [2.24, 2.45) is 11.8 Å². The molecule has 0 aromatic carbocycles. The summed E-state index contributed by atoms with van der Waals surface area (Å²) in [5.74, 6) is 0.498. The van der Waals surface area contributed by atoms with Crippen LogP contribution in [0.1, 0.15) is 26.7 Å². The molecule has 10 heteroatoms. The summed E-state index contributed by atoms with van der Waals surface area (Å²) >= 11 is 0. The number of rotatable bonds is 3. The van der Waals surface area contributed by atoms with Crippen LogP contribution >= 0.6 is 0 Å². The highest BCUT2D eigenvalue weighted by atomic mass is 19.4. The molecule has 0 spiro atoms. The summed E-state index contributed by atoms with van der Waals surface area (Å²) in [5.41, 5.74) is 0. The molecule has 27 heavy (non-hydrogen) atoms. The van der Waals surface area contributed by atoms with Gasteiger partial charge in [-0.3, -0.25) is 4.98 Å². The molecular weight excluding hydrogens is 365 g/mol. The summed E-state index contributed by atoms with van der Waals surface area (Å²) in [6.07, 6.45) is 1.09. The largest absolute Gasteiger partial charge is 0.490 e. The van der Waals surface area contributed by atoms with E-state index in [4.69, 9.17) is 14.6 Å². The molecule has 2 aliphatic heterocycles. The van der Waals surface area contributed by atoms with Crippen LogP contribution in [-0.4, -0.2) is 59.5 Å². The van der Waals surface area contributed by atoms with E-state index in [0.29, 0.717) is 5.88 Å². The van der Waals surface area contributed by atoms with Crippen molar-refractivity contribution < 1.29 is 27.8 Å². The van der Waals surface area contributed by atoms with E-state index < -0.39 is 12.1 Å². The Morgan fingerprint density at radius 3 is 2.30 bits per heavy atom. The molecule has 0 aliphatic carbocycles. The second-order valence-corrected chi connectivity index (χ2v) is 6.93. The maximum Gasteiger partial charge on any atom is 0.490 e. The van der Waals surface area contributed by atoms with Crippen molar-refractivity contribution in [3.8, 4) is 5.88 Å². The van der Waals surface area contributed by atoms with Crippen molar-refractivity contribution in [2.75, 3.05) is 31.1 Å². The number of carbonyl (C=O) groups is 1. The second kappa shape index (κ2) is 9.20. The first-order valence-electron chi connectivity index (χ1n) is 8.91. The smallest absolute Gasteiger partial charge is 0.475 e. The van der Waals surface area contributed by atoms with Gasteiger partial charge in [0.25, 0.3) is 0 Å². The molecule has 152 valence electrons. The molecule has 2 N–H and O–H groups in total. The van der Waals surface area contributed by atoms with Gasteiger partial charge in [0.1, 0.15) is 0 Å². The number of hydrogen-bond acceptors (Lipinski definition) is 6. The minimum atomic E-state index is -5.08. The molecule has 0 unspecified atom stereocenters.